The minimum atomic E-state index is 0.335. The molecule has 0 spiro atoms. The van der Waals surface area contributed by atoms with Gasteiger partial charge < -0.3 is 5.11 Å². The van der Waals surface area contributed by atoms with E-state index < -0.39 is 0 Å². The van der Waals surface area contributed by atoms with Crippen molar-refractivity contribution in [3.05, 3.63) is 11.3 Å². The molecule has 0 saturated carbocycles. The summed E-state index contributed by atoms with van der Waals surface area (Å²) in [4.78, 5) is 0. The minimum Gasteiger partial charge on any atom is -0.493 e. The molecule has 0 atom stereocenters. The highest BCUT2D eigenvalue weighted by atomic mass is 16.3. The lowest BCUT2D eigenvalue weighted by Gasteiger charge is -2.04. The summed E-state index contributed by atoms with van der Waals surface area (Å²) in [6, 6.07) is 0. The number of aryl methyl sites for hydroxylation is 2. The fourth-order valence-corrected chi connectivity index (χ4v) is 1.67. The third-order valence-corrected chi connectivity index (χ3v) is 2.29. The predicted molar refractivity (Wildman–Crippen MR) is 57.4 cm³/mol. The average molecular weight is 196 g/mol. The minimum absolute atomic E-state index is 0.335. The number of nitrogens with zero attached hydrogens (tertiary/aromatic N) is 2. The van der Waals surface area contributed by atoms with Crippen molar-refractivity contribution >= 4 is 0 Å². The van der Waals surface area contributed by atoms with Crippen LogP contribution in [0.25, 0.3) is 0 Å². The Morgan fingerprint density at radius 2 is 2.07 bits per heavy atom. The number of aromatic nitrogens is 2. The lowest BCUT2D eigenvalue weighted by Crippen LogP contribution is -1.97. The van der Waals surface area contributed by atoms with E-state index in [0.29, 0.717) is 11.8 Å². The molecule has 0 unspecified atom stereocenters. The third-order valence-electron chi connectivity index (χ3n) is 2.29. The van der Waals surface area contributed by atoms with Crippen LogP contribution in [0.5, 0.6) is 5.88 Å². The first-order valence-corrected chi connectivity index (χ1v) is 5.30. The molecule has 3 nitrogen and oxygen atoms in total. The van der Waals surface area contributed by atoms with Crippen LogP contribution in [-0.4, -0.2) is 14.9 Å². The molecule has 0 bridgehead atoms. The summed E-state index contributed by atoms with van der Waals surface area (Å²) in [5.41, 5.74) is 2.09. The van der Waals surface area contributed by atoms with Crippen molar-refractivity contribution in [2.24, 2.45) is 13.0 Å². The molecule has 0 aliphatic rings. The topological polar surface area (TPSA) is 38.0 Å². The van der Waals surface area contributed by atoms with E-state index in [0.717, 1.165) is 30.5 Å². The molecule has 80 valence electrons. The Balaban J connectivity index is 2.97. The molecule has 1 rings (SSSR count). The van der Waals surface area contributed by atoms with E-state index in [-0.39, 0.29) is 0 Å². The summed E-state index contributed by atoms with van der Waals surface area (Å²) in [5, 5.41) is 14.1. The first-order chi connectivity index (χ1) is 6.56. The van der Waals surface area contributed by atoms with Gasteiger partial charge in [-0.15, -0.1) is 0 Å². The zero-order chi connectivity index (χ0) is 10.7. The second-order valence-electron chi connectivity index (χ2n) is 4.22. The monoisotopic (exact) mass is 196 g/mol. The molecule has 1 aromatic rings. The summed E-state index contributed by atoms with van der Waals surface area (Å²) in [6.45, 7) is 6.44. The smallest absolute Gasteiger partial charge is 0.212 e. The Labute approximate surface area is 85.8 Å². The van der Waals surface area contributed by atoms with Crippen molar-refractivity contribution in [2.45, 2.75) is 40.0 Å². The third kappa shape index (κ3) is 2.28. The van der Waals surface area contributed by atoms with Gasteiger partial charge in [0.2, 0.25) is 5.88 Å². The van der Waals surface area contributed by atoms with Crippen LogP contribution in [0.2, 0.25) is 0 Å². The lowest BCUT2D eigenvalue weighted by molar-refractivity contribution is 0.411. The summed E-state index contributed by atoms with van der Waals surface area (Å²) in [6.07, 6.45) is 2.94. The normalized spacial score (nSPS) is 11.2. The summed E-state index contributed by atoms with van der Waals surface area (Å²) in [5.74, 6) is 0.892. The first-order valence-electron chi connectivity index (χ1n) is 5.30. The summed E-state index contributed by atoms with van der Waals surface area (Å²) >= 11 is 0. The highest BCUT2D eigenvalue weighted by Gasteiger charge is 2.15. The Kier molecular flexibility index (Phi) is 3.55. The fraction of sp³-hybridized carbons (Fsp3) is 0.727. The molecular weight excluding hydrogens is 176 g/mol. The van der Waals surface area contributed by atoms with E-state index in [1.807, 2.05) is 0 Å². The molecule has 0 amide bonds. The average Bonchev–Trinajstić information content (AvgIpc) is 2.33. The van der Waals surface area contributed by atoms with E-state index in [1.165, 1.54) is 0 Å². The maximum absolute atomic E-state index is 9.79. The van der Waals surface area contributed by atoms with Gasteiger partial charge >= 0.3 is 0 Å². The van der Waals surface area contributed by atoms with Gasteiger partial charge in [0.1, 0.15) is 0 Å². The van der Waals surface area contributed by atoms with Gasteiger partial charge in [0.15, 0.2) is 0 Å². The molecule has 14 heavy (non-hydrogen) atoms. The molecule has 0 fully saturated rings. The molecule has 1 heterocycles. The second-order valence-corrected chi connectivity index (χ2v) is 4.22. The summed E-state index contributed by atoms with van der Waals surface area (Å²) < 4.78 is 1.57. The van der Waals surface area contributed by atoms with E-state index in [2.05, 4.69) is 25.9 Å². The molecule has 0 radical (unpaired) electrons. The Morgan fingerprint density at radius 3 is 2.57 bits per heavy atom. The van der Waals surface area contributed by atoms with Crippen molar-refractivity contribution in [1.29, 1.82) is 0 Å². The van der Waals surface area contributed by atoms with Crippen LogP contribution in [-0.2, 0) is 19.9 Å². The standard InChI is InChI=1S/C11H20N2O/c1-5-6-10-9(7-8(2)3)11(14)13(4)12-10/h8,14H,5-7H2,1-4H3. The van der Waals surface area contributed by atoms with Gasteiger partial charge in [-0.05, 0) is 18.8 Å². The van der Waals surface area contributed by atoms with E-state index in [4.69, 9.17) is 0 Å². The first kappa shape index (κ1) is 11.1. The Bertz CT molecular complexity index is 302. The Morgan fingerprint density at radius 1 is 1.43 bits per heavy atom. The van der Waals surface area contributed by atoms with Crippen LogP contribution < -0.4 is 0 Å². The number of aromatic hydroxyl groups is 1. The van der Waals surface area contributed by atoms with Crippen molar-refractivity contribution in [2.75, 3.05) is 0 Å². The van der Waals surface area contributed by atoms with Gasteiger partial charge in [0, 0.05) is 12.6 Å². The SMILES string of the molecule is CCCc1nn(C)c(O)c1CC(C)C. The van der Waals surface area contributed by atoms with Gasteiger partial charge in [0.05, 0.1) is 5.69 Å². The predicted octanol–water partition coefficient (Wildman–Crippen LogP) is 2.28. The van der Waals surface area contributed by atoms with Gasteiger partial charge in [-0.2, -0.15) is 5.10 Å². The van der Waals surface area contributed by atoms with Crippen molar-refractivity contribution in [3.8, 4) is 5.88 Å². The highest BCUT2D eigenvalue weighted by Crippen LogP contribution is 2.24. The lowest BCUT2D eigenvalue weighted by atomic mass is 10.0. The molecule has 1 N–H and O–H groups in total. The molecule has 1 aromatic heterocycles. The number of hydrogen-bond donors (Lipinski definition) is 1. The molecule has 0 aliphatic heterocycles. The van der Waals surface area contributed by atoms with Crippen LogP contribution in [0.15, 0.2) is 0 Å². The molecule has 0 aromatic carbocycles. The quantitative estimate of drug-likeness (QED) is 0.802. The largest absolute Gasteiger partial charge is 0.493 e. The van der Waals surface area contributed by atoms with Crippen LogP contribution in [0.4, 0.5) is 0 Å². The van der Waals surface area contributed by atoms with Gasteiger partial charge in [0.25, 0.3) is 0 Å². The number of hydrogen-bond acceptors (Lipinski definition) is 2. The van der Waals surface area contributed by atoms with Crippen LogP contribution in [0, 0.1) is 5.92 Å². The van der Waals surface area contributed by atoms with E-state index in [1.54, 1.807) is 11.7 Å². The van der Waals surface area contributed by atoms with Crippen LogP contribution >= 0.6 is 0 Å². The zero-order valence-electron chi connectivity index (χ0n) is 9.54. The van der Waals surface area contributed by atoms with E-state index >= 15 is 0 Å². The van der Waals surface area contributed by atoms with Crippen LogP contribution in [0.1, 0.15) is 38.4 Å². The second kappa shape index (κ2) is 4.49. The van der Waals surface area contributed by atoms with Crippen molar-refractivity contribution in [1.82, 2.24) is 9.78 Å². The van der Waals surface area contributed by atoms with Gasteiger partial charge in [-0.1, -0.05) is 27.2 Å². The highest BCUT2D eigenvalue weighted by molar-refractivity contribution is 5.31. The number of rotatable bonds is 4. The molecule has 0 saturated heterocycles. The van der Waals surface area contributed by atoms with Crippen LogP contribution in [0.3, 0.4) is 0 Å². The Hall–Kier alpha value is -0.990. The molecule has 0 aliphatic carbocycles. The van der Waals surface area contributed by atoms with Crippen molar-refractivity contribution < 1.29 is 5.11 Å². The summed E-state index contributed by atoms with van der Waals surface area (Å²) in [7, 11) is 1.79. The zero-order valence-corrected chi connectivity index (χ0v) is 9.54. The molecule has 3 heteroatoms. The fourth-order valence-electron chi connectivity index (χ4n) is 1.67. The molecular formula is C11H20N2O. The van der Waals surface area contributed by atoms with Gasteiger partial charge in [-0.25, -0.2) is 4.68 Å². The van der Waals surface area contributed by atoms with E-state index in [9.17, 15) is 5.11 Å². The maximum Gasteiger partial charge on any atom is 0.212 e. The van der Waals surface area contributed by atoms with Crippen molar-refractivity contribution in [3.63, 3.8) is 0 Å². The van der Waals surface area contributed by atoms with Gasteiger partial charge in [-0.3, -0.25) is 0 Å². The maximum atomic E-state index is 9.79.